The zero-order valence-electron chi connectivity index (χ0n) is 11.8. The molecular formula is C14H32N2. The Hall–Kier alpha value is -0.0800. The van der Waals surface area contributed by atoms with Gasteiger partial charge in [0.2, 0.25) is 0 Å². The minimum atomic E-state index is 0.674. The molecule has 0 fully saturated rings. The van der Waals surface area contributed by atoms with Crippen LogP contribution < -0.4 is 10.6 Å². The van der Waals surface area contributed by atoms with Gasteiger partial charge in [0.15, 0.2) is 0 Å². The van der Waals surface area contributed by atoms with Gasteiger partial charge in [0.1, 0.15) is 0 Å². The lowest BCUT2D eigenvalue weighted by Gasteiger charge is -2.16. The first-order valence-electron chi connectivity index (χ1n) is 7.17. The number of rotatable bonds is 11. The van der Waals surface area contributed by atoms with Crippen molar-refractivity contribution >= 4 is 0 Å². The molecule has 0 aromatic heterocycles. The van der Waals surface area contributed by atoms with E-state index in [1.54, 1.807) is 0 Å². The Bertz CT molecular complexity index is 121. The highest BCUT2D eigenvalue weighted by atomic mass is 15.0. The molecule has 0 rings (SSSR count). The smallest absolute Gasteiger partial charge is 0.00793 e. The summed E-state index contributed by atoms with van der Waals surface area (Å²) in [5.74, 6) is 0. The predicted molar refractivity (Wildman–Crippen MR) is 74.0 cm³/mol. The van der Waals surface area contributed by atoms with E-state index in [-0.39, 0.29) is 0 Å². The fourth-order valence-corrected chi connectivity index (χ4v) is 1.86. The van der Waals surface area contributed by atoms with Crippen molar-refractivity contribution in [2.45, 2.75) is 78.3 Å². The first kappa shape index (κ1) is 15.9. The lowest BCUT2D eigenvalue weighted by molar-refractivity contribution is 0.452. The summed E-state index contributed by atoms with van der Waals surface area (Å²) >= 11 is 0. The topological polar surface area (TPSA) is 24.1 Å². The minimum Gasteiger partial charge on any atom is -0.313 e. The number of unbranched alkanes of at least 4 members (excludes halogenated alkanes) is 2. The van der Waals surface area contributed by atoms with E-state index in [4.69, 9.17) is 0 Å². The largest absolute Gasteiger partial charge is 0.313 e. The summed E-state index contributed by atoms with van der Waals surface area (Å²) in [6.45, 7) is 11.3. The SMILES string of the molecule is CCCCC(C)NCCNC(C)CCCC. The van der Waals surface area contributed by atoms with Crippen molar-refractivity contribution in [3.8, 4) is 0 Å². The standard InChI is InChI=1S/C14H32N2/c1-5-7-9-13(3)15-11-12-16-14(4)10-8-6-2/h13-16H,5-12H2,1-4H3. The minimum absolute atomic E-state index is 0.674. The zero-order valence-corrected chi connectivity index (χ0v) is 11.8. The molecule has 2 unspecified atom stereocenters. The van der Waals surface area contributed by atoms with Gasteiger partial charge in [-0.05, 0) is 26.7 Å². The third-order valence-corrected chi connectivity index (χ3v) is 3.09. The molecule has 0 spiro atoms. The molecule has 0 aliphatic heterocycles. The zero-order chi connectivity index (χ0) is 12.2. The van der Waals surface area contributed by atoms with Crippen molar-refractivity contribution in [2.75, 3.05) is 13.1 Å². The van der Waals surface area contributed by atoms with E-state index in [1.165, 1.54) is 38.5 Å². The van der Waals surface area contributed by atoms with Crippen LogP contribution in [0.15, 0.2) is 0 Å². The molecule has 0 heterocycles. The maximum Gasteiger partial charge on any atom is 0.00793 e. The third kappa shape index (κ3) is 10.4. The highest BCUT2D eigenvalue weighted by molar-refractivity contribution is 4.64. The molecule has 2 N–H and O–H groups in total. The molecule has 0 saturated heterocycles. The first-order chi connectivity index (χ1) is 7.70. The van der Waals surface area contributed by atoms with Gasteiger partial charge in [-0.3, -0.25) is 0 Å². The Labute approximate surface area is 103 Å². The van der Waals surface area contributed by atoms with Crippen LogP contribution in [0.4, 0.5) is 0 Å². The predicted octanol–water partition coefficient (Wildman–Crippen LogP) is 3.32. The highest BCUT2D eigenvalue weighted by Gasteiger charge is 2.01. The van der Waals surface area contributed by atoms with E-state index in [0.29, 0.717) is 12.1 Å². The van der Waals surface area contributed by atoms with E-state index in [0.717, 1.165) is 13.1 Å². The molecule has 2 atom stereocenters. The second kappa shape index (κ2) is 11.4. The van der Waals surface area contributed by atoms with Gasteiger partial charge in [0.25, 0.3) is 0 Å². The van der Waals surface area contributed by atoms with E-state index in [9.17, 15) is 0 Å². The van der Waals surface area contributed by atoms with Crippen molar-refractivity contribution in [3.63, 3.8) is 0 Å². The fraction of sp³-hybridized carbons (Fsp3) is 1.00. The van der Waals surface area contributed by atoms with Crippen LogP contribution >= 0.6 is 0 Å². The normalized spacial score (nSPS) is 15.0. The summed E-state index contributed by atoms with van der Waals surface area (Å²) in [7, 11) is 0. The molecule has 0 amide bonds. The quantitative estimate of drug-likeness (QED) is 0.530. The van der Waals surface area contributed by atoms with Crippen molar-refractivity contribution in [1.82, 2.24) is 10.6 Å². The molecular weight excluding hydrogens is 196 g/mol. The van der Waals surface area contributed by atoms with Crippen LogP contribution in [0.3, 0.4) is 0 Å². The Morgan fingerprint density at radius 1 is 0.750 bits per heavy atom. The number of hydrogen-bond acceptors (Lipinski definition) is 2. The Morgan fingerprint density at radius 2 is 1.12 bits per heavy atom. The molecule has 0 saturated carbocycles. The first-order valence-corrected chi connectivity index (χ1v) is 7.17. The molecule has 0 radical (unpaired) electrons. The number of nitrogens with one attached hydrogen (secondary N) is 2. The maximum absolute atomic E-state index is 3.57. The van der Waals surface area contributed by atoms with Gasteiger partial charge >= 0.3 is 0 Å². The molecule has 0 bridgehead atoms. The summed E-state index contributed by atoms with van der Waals surface area (Å²) < 4.78 is 0. The molecule has 0 aliphatic carbocycles. The van der Waals surface area contributed by atoms with Gasteiger partial charge in [-0.15, -0.1) is 0 Å². The molecule has 0 aromatic rings. The Kier molecular flexibility index (Phi) is 11.3. The molecule has 16 heavy (non-hydrogen) atoms. The van der Waals surface area contributed by atoms with Crippen LogP contribution in [-0.2, 0) is 0 Å². The second-order valence-electron chi connectivity index (χ2n) is 4.99. The van der Waals surface area contributed by atoms with Crippen LogP contribution in [-0.4, -0.2) is 25.2 Å². The summed E-state index contributed by atoms with van der Waals surface area (Å²) in [4.78, 5) is 0. The molecule has 0 aromatic carbocycles. The average molecular weight is 228 g/mol. The van der Waals surface area contributed by atoms with Crippen LogP contribution in [0.2, 0.25) is 0 Å². The van der Waals surface area contributed by atoms with E-state index < -0.39 is 0 Å². The van der Waals surface area contributed by atoms with Crippen LogP contribution in [0.1, 0.15) is 66.2 Å². The molecule has 2 nitrogen and oxygen atoms in total. The molecule has 2 heteroatoms. The second-order valence-corrected chi connectivity index (χ2v) is 4.99. The third-order valence-electron chi connectivity index (χ3n) is 3.09. The summed E-state index contributed by atoms with van der Waals surface area (Å²) in [5.41, 5.74) is 0. The van der Waals surface area contributed by atoms with Crippen LogP contribution in [0.25, 0.3) is 0 Å². The maximum atomic E-state index is 3.57. The van der Waals surface area contributed by atoms with Gasteiger partial charge in [-0.25, -0.2) is 0 Å². The van der Waals surface area contributed by atoms with Gasteiger partial charge in [0.05, 0.1) is 0 Å². The van der Waals surface area contributed by atoms with E-state index in [2.05, 4.69) is 38.3 Å². The van der Waals surface area contributed by atoms with Gasteiger partial charge in [-0.2, -0.15) is 0 Å². The molecule has 98 valence electrons. The van der Waals surface area contributed by atoms with Crippen molar-refractivity contribution in [1.29, 1.82) is 0 Å². The van der Waals surface area contributed by atoms with Crippen molar-refractivity contribution in [2.24, 2.45) is 0 Å². The molecule has 0 aliphatic rings. The monoisotopic (exact) mass is 228 g/mol. The van der Waals surface area contributed by atoms with Gasteiger partial charge in [0, 0.05) is 25.2 Å². The summed E-state index contributed by atoms with van der Waals surface area (Å²) in [6.07, 6.45) is 7.91. The lowest BCUT2D eigenvalue weighted by Crippen LogP contribution is -2.36. The average Bonchev–Trinajstić information content (AvgIpc) is 2.29. The van der Waals surface area contributed by atoms with Crippen LogP contribution in [0, 0.1) is 0 Å². The highest BCUT2D eigenvalue weighted by Crippen LogP contribution is 2.00. The van der Waals surface area contributed by atoms with Crippen LogP contribution in [0.5, 0.6) is 0 Å². The van der Waals surface area contributed by atoms with Gasteiger partial charge < -0.3 is 10.6 Å². The van der Waals surface area contributed by atoms with E-state index in [1.807, 2.05) is 0 Å². The Morgan fingerprint density at radius 3 is 1.44 bits per heavy atom. The Balaban J connectivity index is 3.24. The van der Waals surface area contributed by atoms with Crippen molar-refractivity contribution < 1.29 is 0 Å². The van der Waals surface area contributed by atoms with Gasteiger partial charge in [-0.1, -0.05) is 39.5 Å². The summed E-state index contributed by atoms with van der Waals surface area (Å²) in [6, 6.07) is 1.35. The van der Waals surface area contributed by atoms with E-state index >= 15 is 0 Å². The fourth-order valence-electron chi connectivity index (χ4n) is 1.86. The lowest BCUT2D eigenvalue weighted by atomic mass is 10.1. The number of hydrogen-bond donors (Lipinski definition) is 2. The van der Waals surface area contributed by atoms with Crippen molar-refractivity contribution in [3.05, 3.63) is 0 Å². The summed E-state index contributed by atoms with van der Waals surface area (Å²) in [5, 5.41) is 7.13.